The summed E-state index contributed by atoms with van der Waals surface area (Å²) in [4.78, 5) is 39.5. The van der Waals surface area contributed by atoms with Gasteiger partial charge >= 0.3 is 6.03 Å². The standard InChI is InChI=1S/C27H22Cl2N2O7/c1-35-22-13-20(23(36-2)12-19(22)29)31-26(33)17(25(32)30-27(31)34)10-15-8-9-21(24(11-15)37-3)38-14-16-6-4-5-7-18(16)28/h4-13H,14H2,1-3H3,(H,30,32,34)/b17-10+. The van der Waals surface area contributed by atoms with Crippen molar-refractivity contribution in [3.05, 3.63) is 81.3 Å². The van der Waals surface area contributed by atoms with Crippen LogP contribution in [0.4, 0.5) is 10.5 Å². The summed E-state index contributed by atoms with van der Waals surface area (Å²) in [6.07, 6.45) is 1.34. The molecule has 1 heterocycles. The number of rotatable bonds is 8. The second kappa shape index (κ2) is 11.5. The Hall–Kier alpha value is -4.21. The summed E-state index contributed by atoms with van der Waals surface area (Å²) in [5, 5.41) is 2.97. The summed E-state index contributed by atoms with van der Waals surface area (Å²) in [7, 11) is 4.21. The molecule has 38 heavy (non-hydrogen) atoms. The lowest BCUT2D eigenvalue weighted by atomic mass is 10.1. The Kier molecular flexibility index (Phi) is 8.09. The number of carbonyl (C=O) groups is 3. The second-order valence-corrected chi connectivity index (χ2v) is 8.72. The Bertz CT molecular complexity index is 1460. The highest BCUT2D eigenvalue weighted by molar-refractivity contribution is 6.39. The highest BCUT2D eigenvalue weighted by atomic mass is 35.5. The quantitative estimate of drug-likeness (QED) is 0.298. The van der Waals surface area contributed by atoms with Gasteiger partial charge in [-0.25, -0.2) is 9.69 Å². The van der Waals surface area contributed by atoms with Gasteiger partial charge in [-0.15, -0.1) is 0 Å². The van der Waals surface area contributed by atoms with Gasteiger partial charge in [-0.3, -0.25) is 14.9 Å². The van der Waals surface area contributed by atoms with Gasteiger partial charge in [-0.1, -0.05) is 47.5 Å². The van der Waals surface area contributed by atoms with Crippen LogP contribution < -0.4 is 29.2 Å². The first kappa shape index (κ1) is 26.8. The summed E-state index contributed by atoms with van der Waals surface area (Å²) in [5.41, 5.74) is 1.02. The zero-order valence-electron chi connectivity index (χ0n) is 20.5. The zero-order chi connectivity index (χ0) is 27.4. The van der Waals surface area contributed by atoms with Crippen molar-refractivity contribution in [2.45, 2.75) is 6.61 Å². The third-order valence-electron chi connectivity index (χ3n) is 5.64. The molecule has 4 rings (SSSR count). The number of nitrogens with zero attached hydrogens (tertiary/aromatic N) is 1. The first-order valence-electron chi connectivity index (χ1n) is 11.1. The number of benzene rings is 3. The Morgan fingerprint density at radius 2 is 1.53 bits per heavy atom. The number of hydrogen-bond acceptors (Lipinski definition) is 7. The molecule has 0 aromatic heterocycles. The van der Waals surface area contributed by atoms with Gasteiger partial charge in [0.05, 0.1) is 32.0 Å². The van der Waals surface area contributed by atoms with E-state index in [1.54, 1.807) is 24.3 Å². The molecule has 0 bridgehead atoms. The normalized spacial score (nSPS) is 14.4. The second-order valence-electron chi connectivity index (χ2n) is 7.91. The molecule has 1 N–H and O–H groups in total. The fourth-order valence-corrected chi connectivity index (χ4v) is 4.15. The molecule has 3 aromatic carbocycles. The molecule has 1 aliphatic heterocycles. The number of imide groups is 2. The minimum Gasteiger partial charge on any atom is -0.495 e. The van der Waals surface area contributed by atoms with Crippen LogP contribution >= 0.6 is 23.2 Å². The molecule has 3 aromatic rings. The third-order valence-corrected chi connectivity index (χ3v) is 6.30. The van der Waals surface area contributed by atoms with E-state index in [9.17, 15) is 14.4 Å². The minimum atomic E-state index is -0.944. The van der Waals surface area contributed by atoms with Crippen molar-refractivity contribution in [1.29, 1.82) is 0 Å². The Labute approximate surface area is 228 Å². The monoisotopic (exact) mass is 556 g/mol. The molecule has 1 saturated heterocycles. The minimum absolute atomic E-state index is 0.0514. The number of urea groups is 1. The lowest BCUT2D eigenvalue weighted by Crippen LogP contribution is -2.54. The fraction of sp³-hybridized carbons (Fsp3) is 0.148. The van der Waals surface area contributed by atoms with Gasteiger partial charge < -0.3 is 18.9 Å². The number of carbonyl (C=O) groups excluding carboxylic acids is 3. The van der Waals surface area contributed by atoms with Gasteiger partial charge in [-0.2, -0.15) is 0 Å². The SMILES string of the molecule is COc1cc(N2C(=O)NC(=O)/C(=C\c3ccc(OCc4ccccc4Cl)c(OC)c3)C2=O)c(OC)cc1Cl. The van der Waals surface area contributed by atoms with Crippen LogP contribution in [0.25, 0.3) is 6.08 Å². The molecule has 11 heteroatoms. The predicted octanol–water partition coefficient (Wildman–Crippen LogP) is 5.26. The van der Waals surface area contributed by atoms with Gasteiger partial charge in [0.15, 0.2) is 11.5 Å². The third kappa shape index (κ3) is 5.39. The molecule has 1 aliphatic rings. The smallest absolute Gasteiger partial charge is 0.336 e. The lowest BCUT2D eigenvalue weighted by molar-refractivity contribution is -0.122. The van der Waals surface area contributed by atoms with Crippen LogP contribution in [-0.4, -0.2) is 39.2 Å². The van der Waals surface area contributed by atoms with Crippen molar-refractivity contribution in [3.63, 3.8) is 0 Å². The van der Waals surface area contributed by atoms with Gasteiger partial charge in [0.1, 0.15) is 23.7 Å². The van der Waals surface area contributed by atoms with Crippen LogP contribution in [-0.2, 0) is 16.2 Å². The van der Waals surface area contributed by atoms with Crippen LogP contribution in [0.1, 0.15) is 11.1 Å². The maximum Gasteiger partial charge on any atom is 0.336 e. The van der Waals surface area contributed by atoms with E-state index in [1.165, 1.54) is 39.5 Å². The van der Waals surface area contributed by atoms with Crippen molar-refractivity contribution >= 4 is 52.8 Å². The summed E-state index contributed by atoms with van der Waals surface area (Å²) in [6.45, 7) is 0.209. The maximum atomic E-state index is 13.4. The molecule has 9 nitrogen and oxygen atoms in total. The number of barbiturate groups is 1. The average molecular weight is 557 g/mol. The van der Waals surface area contributed by atoms with Crippen molar-refractivity contribution in [2.24, 2.45) is 0 Å². The predicted molar refractivity (Wildman–Crippen MR) is 142 cm³/mol. The molecular weight excluding hydrogens is 535 g/mol. The molecule has 0 saturated carbocycles. The van der Waals surface area contributed by atoms with Crippen LogP contribution in [0.2, 0.25) is 10.0 Å². The maximum absolute atomic E-state index is 13.4. The molecular formula is C27H22Cl2N2O7. The van der Waals surface area contributed by atoms with E-state index in [0.717, 1.165) is 10.5 Å². The zero-order valence-corrected chi connectivity index (χ0v) is 22.1. The highest BCUT2D eigenvalue weighted by Crippen LogP contribution is 2.39. The van der Waals surface area contributed by atoms with Crippen molar-refractivity contribution in [3.8, 4) is 23.0 Å². The molecule has 0 aliphatic carbocycles. The number of hydrogen-bond donors (Lipinski definition) is 1. The Morgan fingerprint density at radius 1 is 0.816 bits per heavy atom. The molecule has 0 unspecified atom stereocenters. The molecule has 0 radical (unpaired) electrons. The Balaban J connectivity index is 1.65. The number of halogens is 2. The summed E-state index contributed by atoms with van der Waals surface area (Å²) >= 11 is 12.4. The van der Waals surface area contributed by atoms with E-state index in [2.05, 4.69) is 5.32 Å². The molecule has 0 spiro atoms. The van der Waals surface area contributed by atoms with E-state index in [0.29, 0.717) is 22.1 Å². The van der Waals surface area contributed by atoms with Gasteiger partial charge in [0.2, 0.25) is 0 Å². The van der Waals surface area contributed by atoms with Gasteiger partial charge in [-0.05, 0) is 29.8 Å². The lowest BCUT2D eigenvalue weighted by Gasteiger charge is -2.28. The van der Waals surface area contributed by atoms with Crippen molar-refractivity contribution in [2.75, 3.05) is 26.2 Å². The number of methoxy groups -OCH3 is 3. The van der Waals surface area contributed by atoms with E-state index in [-0.39, 0.29) is 34.4 Å². The van der Waals surface area contributed by atoms with E-state index in [1.807, 2.05) is 18.2 Å². The summed E-state index contributed by atoms with van der Waals surface area (Å²) in [6, 6.07) is 14.0. The van der Waals surface area contributed by atoms with E-state index >= 15 is 0 Å². The topological polar surface area (TPSA) is 103 Å². The van der Waals surface area contributed by atoms with Crippen LogP contribution in [0.5, 0.6) is 23.0 Å². The molecule has 1 fully saturated rings. The Morgan fingerprint density at radius 3 is 2.21 bits per heavy atom. The van der Waals surface area contributed by atoms with Gasteiger partial charge in [0, 0.05) is 22.7 Å². The number of amides is 4. The van der Waals surface area contributed by atoms with E-state index < -0.39 is 17.8 Å². The number of anilines is 1. The molecule has 0 atom stereocenters. The number of ether oxygens (including phenoxy) is 4. The van der Waals surface area contributed by atoms with Crippen molar-refractivity contribution < 1.29 is 33.3 Å². The highest BCUT2D eigenvalue weighted by Gasteiger charge is 2.38. The summed E-state index contributed by atoms with van der Waals surface area (Å²) in [5.74, 6) is -0.568. The fourth-order valence-electron chi connectivity index (χ4n) is 3.73. The van der Waals surface area contributed by atoms with Crippen LogP contribution in [0.3, 0.4) is 0 Å². The van der Waals surface area contributed by atoms with Crippen LogP contribution in [0, 0.1) is 0 Å². The largest absolute Gasteiger partial charge is 0.495 e. The molecule has 4 amide bonds. The first-order valence-corrected chi connectivity index (χ1v) is 11.9. The van der Waals surface area contributed by atoms with Crippen LogP contribution in [0.15, 0.2) is 60.2 Å². The number of nitrogens with one attached hydrogen (secondary N) is 1. The first-order chi connectivity index (χ1) is 18.3. The van der Waals surface area contributed by atoms with Gasteiger partial charge in [0.25, 0.3) is 11.8 Å². The summed E-state index contributed by atoms with van der Waals surface area (Å²) < 4.78 is 21.8. The van der Waals surface area contributed by atoms with E-state index in [4.69, 9.17) is 42.1 Å². The molecule has 196 valence electrons. The van der Waals surface area contributed by atoms with Crippen molar-refractivity contribution in [1.82, 2.24) is 5.32 Å². The average Bonchev–Trinajstić information content (AvgIpc) is 2.91.